The summed E-state index contributed by atoms with van der Waals surface area (Å²) in [6, 6.07) is 10.5. The number of phenolic OH excluding ortho intramolecular Hbond substituents is 1. The summed E-state index contributed by atoms with van der Waals surface area (Å²) in [6.45, 7) is 3.95. The van der Waals surface area contributed by atoms with Gasteiger partial charge < -0.3 is 10.4 Å². The Hall–Kier alpha value is -2.56. The topological polar surface area (TPSA) is 75.4 Å². The van der Waals surface area contributed by atoms with Gasteiger partial charge in [-0.1, -0.05) is 24.3 Å². The Labute approximate surface area is 117 Å². The number of benzene rings is 2. The number of hydrogen-bond acceptors (Lipinski definition) is 4. The molecule has 2 rings (SSSR count). The van der Waals surface area contributed by atoms with Crippen LogP contribution in [-0.2, 0) is 6.54 Å². The van der Waals surface area contributed by atoms with Crippen molar-refractivity contribution < 1.29 is 10.0 Å². The molecule has 2 N–H and O–H groups in total. The van der Waals surface area contributed by atoms with E-state index in [2.05, 4.69) is 5.32 Å². The summed E-state index contributed by atoms with van der Waals surface area (Å²) in [5.74, 6) is 0.217. The zero-order valence-corrected chi connectivity index (χ0v) is 11.4. The van der Waals surface area contributed by atoms with Crippen LogP contribution in [0.15, 0.2) is 36.4 Å². The number of nitrogens with one attached hydrogen (secondary N) is 1. The number of nitro groups is 1. The van der Waals surface area contributed by atoms with Gasteiger partial charge in [-0.15, -0.1) is 0 Å². The van der Waals surface area contributed by atoms with E-state index >= 15 is 0 Å². The number of nitro benzene ring substituents is 1. The van der Waals surface area contributed by atoms with Gasteiger partial charge in [0.15, 0.2) is 0 Å². The third kappa shape index (κ3) is 2.88. The lowest BCUT2D eigenvalue weighted by molar-refractivity contribution is -0.384. The molecule has 0 aliphatic carbocycles. The predicted molar refractivity (Wildman–Crippen MR) is 78.0 cm³/mol. The number of aryl methyl sites for hydroxylation is 2. The van der Waals surface area contributed by atoms with Crippen LogP contribution in [0.5, 0.6) is 5.75 Å². The molecule has 0 aliphatic rings. The quantitative estimate of drug-likeness (QED) is 0.659. The minimum Gasteiger partial charge on any atom is -0.507 e. The highest BCUT2D eigenvalue weighted by Crippen LogP contribution is 2.27. The number of phenols is 1. The maximum atomic E-state index is 11.0. The molecule has 2 aromatic carbocycles. The molecule has 0 spiro atoms. The first-order valence-corrected chi connectivity index (χ1v) is 6.25. The van der Waals surface area contributed by atoms with Gasteiger partial charge in [-0.2, -0.15) is 0 Å². The van der Waals surface area contributed by atoms with Crippen LogP contribution in [0.2, 0.25) is 0 Å². The van der Waals surface area contributed by atoms with E-state index in [-0.39, 0.29) is 11.4 Å². The zero-order valence-electron chi connectivity index (χ0n) is 11.4. The molecule has 0 atom stereocenters. The fourth-order valence-electron chi connectivity index (χ4n) is 2.00. The molecule has 0 saturated heterocycles. The van der Waals surface area contributed by atoms with Crippen LogP contribution in [-0.4, -0.2) is 10.0 Å². The molecular formula is C15H16N2O3. The second-order valence-corrected chi connectivity index (χ2v) is 4.71. The SMILES string of the molecule is Cc1ccc(NCc2cccc(C)c2O)c([N+](=O)[O-])c1. The van der Waals surface area contributed by atoms with E-state index in [1.165, 1.54) is 6.07 Å². The van der Waals surface area contributed by atoms with Crippen molar-refractivity contribution >= 4 is 11.4 Å². The van der Waals surface area contributed by atoms with E-state index in [9.17, 15) is 15.2 Å². The van der Waals surface area contributed by atoms with E-state index in [1.807, 2.05) is 32.0 Å². The molecule has 0 fully saturated rings. The van der Waals surface area contributed by atoms with Crippen LogP contribution in [0, 0.1) is 24.0 Å². The van der Waals surface area contributed by atoms with Crippen LogP contribution in [0.25, 0.3) is 0 Å². The summed E-state index contributed by atoms with van der Waals surface area (Å²) in [6.07, 6.45) is 0. The number of anilines is 1. The van der Waals surface area contributed by atoms with Crippen molar-refractivity contribution in [1.82, 2.24) is 0 Å². The minimum absolute atomic E-state index is 0.0390. The predicted octanol–water partition coefficient (Wildman–Crippen LogP) is 3.53. The van der Waals surface area contributed by atoms with Crippen molar-refractivity contribution in [2.45, 2.75) is 20.4 Å². The summed E-state index contributed by atoms with van der Waals surface area (Å²) in [4.78, 5) is 10.6. The Morgan fingerprint density at radius 2 is 2.00 bits per heavy atom. The Bertz CT molecular complexity index is 654. The lowest BCUT2D eigenvalue weighted by Gasteiger charge is -2.10. The summed E-state index contributed by atoms with van der Waals surface area (Å²) >= 11 is 0. The first-order chi connectivity index (χ1) is 9.49. The third-order valence-electron chi connectivity index (χ3n) is 3.14. The lowest BCUT2D eigenvalue weighted by atomic mass is 10.1. The second-order valence-electron chi connectivity index (χ2n) is 4.71. The molecular weight excluding hydrogens is 256 g/mol. The average Bonchev–Trinajstić information content (AvgIpc) is 2.41. The van der Waals surface area contributed by atoms with Crippen LogP contribution >= 0.6 is 0 Å². The van der Waals surface area contributed by atoms with Gasteiger partial charge in [-0.3, -0.25) is 10.1 Å². The number of para-hydroxylation sites is 1. The maximum Gasteiger partial charge on any atom is 0.292 e. The van der Waals surface area contributed by atoms with Gasteiger partial charge in [0, 0.05) is 18.2 Å². The van der Waals surface area contributed by atoms with Gasteiger partial charge in [0.2, 0.25) is 0 Å². The van der Waals surface area contributed by atoms with Crippen molar-refractivity contribution in [2.24, 2.45) is 0 Å². The van der Waals surface area contributed by atoms with Gasteiger partial charge in [0.1, 0.15) is 11.4 Å². The largest absolute Gasteiger partial charge is 0.507 e. The van der Waals surface area contributed by atoms with E-state index in [0.29, 0.717) is 17.8 Å². The van der Waals surface area contributed by atoms with Crippen molar-refractivity contribution in [3.63, 3.8) is 0 Å². The molecule has 0 radical (unpaired) electrons. The Kier molecular flexibility index (Phi) is 3.89. The Balaban J connectivity index is 2.23. The molecule has 0 amide bonds. The number of hydrogen-bond donors (Lipinski definition) is 2. The van der Waals surface area contributed by atoms with Gasteiger partial charge >= 0.3 is 0 Å². The molecule has 5 heteroatoms. The number of nitrogens with zero attached hydrogens (tertiary/aromatic N) is 1. The van der Waals surface area contributed by atoms with Gasteiger partial charge in [-0.05, 0) is 31.0 Å². The molecule has 0 unspecified atom stereocenters. The molecule has 0 aliphatic heterocycles. The van der Waals surface area contributed by atoms with Gasteiger partial charge in [0.05, 0.1) is 4.92 Å². The van der Waals surface area contributed by atoms with Crippen molar-refractivity contribution in [3.05, 3.63) is 63.2 Å². The number of aromatic hydroxyl groups is 1. The molecule has 0 saturated carbocycles. The van der Waals surface area contributed by atoms with E-state index in [4.69, 9.17) is 0 Å². The molecule has 0 bridgehead atoms. The standard InChI is InChI=1S/C15H16N2O3/c1-10-6-7-13(14(8-10)17(19)20)16-9-12-5-3-4-11(2)15(12)18/h3-8,16,18H,9H2,1-2H3. The Morgan fingerprint density at radius 1 is 1.25 bits per heavy atom. The molecule has 104 valence electrons. The molecule has 0 heterocycles. The zero-order chi connectivity index (χ0) is 14.7. The van der Waals surface area contributed by atoms with Gasteiger partial charge in [-0.25, -0.2) is 0 Å². The number of rotatable bonds is 4. The van der Waals surface area contributed by atoms with Crippen LogP contribution in [0.1, 0.15) is 16.7 Å². The Morgan fingerprint density at radius 3 is 2.70 bits per heavy atom. The summed E-state index contributed by atoms with van der Waals surface area (Å²) < 4.78 is 0. The fraction of sp³-hybridized carbons (Fsp3) is 0.200. The van der Waals surface area contributed by atoms with Crippen LogP contribution in [0.4, 0.5) is 11.4 Å². The smallest absolute Gasteiger partial charge is 0.292 e. The third-order valence-corrected chi connectivity index (χ3v) is 3.14. The molecule has 20 heavy (non-hydrogen) atoms. The molecule has 5 nitrogen and oxygen atoms in total. The highest BCUT2D eigenvalue weighted by Gasteiger charge is 2.14. The first kappa shape index (κ1) is 13.9. The minimum atomic E-state index is -0.411. The summed E-state index contributed by atoms with van der Waals surface area (Å²) in [5, 5.41) is 24.0. The van der Waals surface area contributed by atoms with Crippen LogP contribution < -0.4 is 5.32 Å². The summed E-state index contributed by atoms with van der Waals surface area (Å²) in [7, 11) is 0. The van der Waals surface area contributed by atoms with E-state index in [1.54, 1.807) is 12.1 Å². The molecule has 2 aromatic rings. The molecule has 0 aromatic heterocycles. The van der Waals surface area contributed by atoms with E-state index in [0.717, 1.165) is 11.1 Å². The summed E-state index contributed by atoms with van der Waals surface area (Å²) in [5.41, 5.74) is 2.81. The second kappa shape index (κ2) is 5.61. The van der Waals surface area contributed by atoms with Crippen molar-refractivity contribution in [3.8, 4) is 5.75 Å². The maximum absolute atomic E-state index is 11.0. The average molecular weight is 272 g/mol. The normalized spacial score (nSPS) is 10.3. The fourth-order valence-corrected chi connectivity index (χ4v) is 2.00. The van der Waals surface area contributed by atoms with Crippen LogP contribution in [0.3, 0.4) is 0 Å². The van der Waals surface area contributed by atoms with E-state index < -0.39 is 4.92 Å². The van der Waals surface area contributed by atoms with Crippen molar-refractivity contribution in [1.29, 1.82) is 0 Å². The first-order valence-electron chi connectivity index (χ1n) is 6.25. The van der Waals surface area contributed by atoms with Crippen molar-refractivity contribution in [2.75, 3.05) is 5.32 Å². The highest BCUT2D eigenvalue weighted by atomic mass is 16.6. The van der Waals surface area contributed by atoms with Gasteiger partial charge in [0.25, 0.3) is 5.69 Å². The monoisotopic (exact) mass is 272 g/mol. The highest BCUT2D eigenvalue weighted by molar-refractivity contribution is 5.63. The lowest BCUT2D eigenvalue weighted by Crippen LogP contribution is -2.03.